The third-order valence-corrected chi connectivity index (χ3v) is 4.25. The third-order valence-electron chi connectivity index (χ3n) is 4.25. The van der Waals surface area contributed by atoms with E-state index in [-0.39, 0.29) is 11.9 Å². The number of carbonyl (C=O) groups is 1. The number of benzene rings is 2. The Hall–Kier alpha value is -2.82. The van der Waals surface area contributed by atoms with Crippen molar-refractivity contribution in [2.24, 2.45) is 4.99 Å². The minimum Gasteiger partial charge on any atom is -0.494 e. The first-order chi connectivity index (χ1) is 12.5. The highest BCUT2D eigenvalue weighted by Crippen LogP contribution is 2.31. The van der Waals surface area contributed by atoms with Gasteiger partial charge in [0.15, 0.2) is 0 Å². The van der Waals surface area contributed by atoms with Crippen molar-refractivity contribution in [2.45, 2.75) is 39.8 Å². The fourth-order valence-electron chi connectivity index (χ4n) is 2.93. The average Bonchev–Trinajstić information content (AvgIpc) is 3.04. The lowest BCUT2D eigenvalue weighted by Crippen LogP contribution is -2.37. The van der Waals surface area contributed by atoms with E-state index >= 15 is 0 Å². The third kappa shape index (κ3) is 4.42. The molecule has 1 heterocycles. The van der Waals surface area contributed by atoms with Crippen LogP contribution in [0.3, 0.4) is 0 Å². The van der Waals surface area contributed by atoms with Gasteiger partial charge in [-0.3, -0.25) is 9.79 Å². The van der Waals surface area contributed by atoms with Crippen molar-refractivity contribution in [3.05, 3.63) is 53.6 Å². The van der Waals surface area contributed by atoms with E-state index in [9.17, 15) is 4.79 Å². The summed E-state index contributed by atoms with van der Waals surface area (Å²) in [5.41, 5.74) is 4.13. The number of fused-ring (bicyclic) bond motifs is 1. The summed E-state index contributed by atoms with van der Waals surface area (Å²) in [6, 6.07) is 13.8. The summed E-state index contributed by atoms with van der Waals surface area (Å²) in [5.74, 6) is 1.61. The zero-order chi connectivity index (χ0) is 18.5. The van der Waals surface area contributed by atoms with Crippen LogP contribution < -0.4 is 14.8 Å². The Morgan fingerprint density at radius 1 is 1.15 bits per heavy atom. The molecular weight excluding hydrogens is 328 g/mol. The van der Waals surface area contributed by atoms with Gasteiger partial charge in [-0.1, -0.05) is 18.2 Å². The van der Waals surface area contributed by atoms with Crippen LogP contribution >= 0.6 is 0 Å². The molecular formula is C21H24N2O3. The second-order valence-corrected chi connectivity index (χ2v) is 6.36. The first kappa shape index (κ1) is 18.0. The zero-order valence-electron chi connectivity index (χ0n) is 15.4. The predicted octanol–water partition coefficient (Wildman–Crippen LogP) is 3.82. The number of hydrogen-bond donors (Lipinski definition) is 1. The van der Waals surface area contributed by atoms with Gasteiger partial charge in [-0.05, 0) is 43.2 Å². The molecule has 0 spiro atoms. The van der Waals surface area contributed by atoms with Gasteiger partial charge in [0.2, 0.25) is 5.91 Å². The maximum absolute atomic E-state index is 11.2. The first-order valence-corrected chi connectivity index (χ1v) is 8.87. The van der Waals surface area contributed by atoms with Crippen molar-refractivity contribution in [3.63, 3.8) is 0 Å². The topological polar surface area (TPSA) is 59.9 Å². The van der Waals surface area contributed by atoms with Crippen molar-refractivity contribution in [1.82, 2.24) is 5.32 Å². The Labute approximate surface area is 154 Å². The fraction of sp³-hybridized carbons (Fsp3) is 0.333. The quantitative estimate of drug-likeness (QED) is 0.824. The summed E-state index contributed by atoms with van der Waals surface area (Å²) in [7, 11) is 0. The molecule has 5 heteroatoms. The van der Waals surface area contributed by atoms with Gasteiger partial charge in [0.25, 0.3) is 0 Å². The molecule has 2 aromatic rings. The molecule has 0 saturated heterocycles. The fourth-order valence-corrected chi connectivity index (χ4v) is 2.93. The SMILES string of the molecule is CCOc1ccc(COc2ccc3c(c2)N=C(C(C)NC(C)=O)C3)cc1. The van der Waals surface area contributed by atoms with Gasteiger partial charge in [-0.2, -0.15) is 0 Å². The molecule has 0 fully saturated rings. The normalized spacial score (nSPS) is 13.6. The monoisotopic (exact) mass is 352 g/mol. The smallest absolute Gasteiger partial charge is 0.217 e. The Kier molecular flexibility index (Phi) is 5.56. The van der Waals surface area contributed by atoms with Crippen LogP contribution in [-0.2, 0) is 17.8 Å². The Balaban J connectivity index is 1.63. The van der Waals surface area contributed by atoms with Crippen LogP contribution in [0.2, 0.25) is 0 Å². The zero-order valence-corrected chi connectivity index (χ0v) is 15.4. The highest BCUT2D eigenvalue weighted by atomic mass is 16.5. The summed E-state index contributed by atoms with van der Waals surface area (Å²) in [4.78, 5) is 15.9. The number of amides is 1. The van der Waals surface area contributed by atoms with E-state index < -0.39 is 0 Å². The number of ether oxygens (including phenoxy) is 2. The van der Waals surface area contributed by atoms with Crippen LogP contribution in [0.4, 0.5) is 5.69 Å². The molecule has 26 heavy (non-hydrogen) atoms. The Morgan fingerprint density at radius 2 is 1.88 bits per heavy atom. The highest BCUT2D eigenvalue weighted by Gasteiger charge is 2.20. The van der Waals surface area contributed by atoms with E-state index in [1.807, 2.05) is 56.3 Å². The molecule has 0 bridgehead atoms. The molecule has 0 aliphatic carbocycles. The number of carbonyl (C=O) groups excluding carboxylic acids is 1. The van der Waals surface area contributed by atoms with Crippen LogP contribution in [0, 0.1) is 0 Å². The van der Waals surface area contributed by atoms with E-state index in [0.717, 1.165) is 40.4 Å². The molecule has 1 amide bonds. The van der Waals surface area contributed by atoms with Crippen molar-refractivity contribution in [2.75, 3.05) is 6.61 Å². The lowest BCUT2D eigenvalue weighted by Gasteiger charge is -2.11. The summed E-state index contributed by atoms with van der Waals surface area (Å²) < 4.78 is 11.3. The summed E-state index contributed by atoms with van der Waals surface area (Å²) in [6.07, 6.45) is 0.760. The molecule has 136 valence electrons. The maximum atomic E-state index is 11.2. The average molecular weight is 352 g/mol. The molecule has 1 atom stereocenters. The largest absolute Gasteiger partial charge is 0.494 e. The molecule has 0 saturated carbocycles. The van der Waals surface area contributed by atoms with Crippen molar-refractivity contribution < 1.29 is 14.3 Å². The minimum atomic E-state index is -0.0619. The predicted molar refractivity (Wildman–Crippen MR) is 102 cm³/mol. The van der Waals surface area contributed by atoms with Gasteiger partial charge in [0, 0.05) is 25.1 Å². The van der Waals surface area contributed by atoms with E-state index in [1.165, 1.54) is 6.92 Å². The van der Waals surface area contributed by atoms with Gasteiger partial charge < -0.3 is 14.8 Å². The van der Waals surface area contributed by atoms with Gasteiger partial charge >= 0.3 is 0 Å². The summed E-state index contributed by atoms with van der Waals surface area (Å²) >= 11 is 0. The van der Waals surface area contributed by atoms with E-state index in [2.05, 4.69) is 10.3 Å². The van der Waals surface area contributed by atoms with Crippen LogP contribution in [0.1, 0.15) is 31.9 Å². The standard InChI is InChI=1S/C21H24N2O3/c1-4-25-18-8-5-16(6-9-18)13-26-19-10-7-17-11-20(23-21(17)12-19)14(2)22-15(3)24/h5-10,12,14H,4,11,13H2,1-3H3,(H,22,24). The van der Waals surface area contributed by atoms with Crippen molar-refractivity contribution in [3.8, 4) is 11.5 Å². The molecule has 1 aliphatic rings. The van der Waals surface area contributed by atoms with Crippen LogP contribution in [0.25, 0.3) is 0 Å². The summed E-state index contributed by atoms with van der Waals surface area (Å²) in [6.45, 7) is 6.59. The highest BCUT2D eigenvalue weighted by molar-refractivity contribution is 5.99. The molecule has 1 aliphatic heterocycles. The lowest BCUT2D eigenvalue weighted by atomic mass is 10.1. The Morgan fingerprint density at radius 3 is 2.58 bits per heavy atom. The number of nitrogens with zero attached hydrogens (tertiary/aromatic N) is 1. The van der Waals surface area contributed by atoms with Gasteiger partial charge in [-0.25, -0.2) is 0 Å². The van der Waals surface area contributed by atoms with Crippen molar-refractivity contribution in [1.29, 1.82) is 0 Å². The second kappa shape index (κ2) is 8.04. The molecule has 0 radical (unpaired) electrons. The van der Waals surface area contributed by atoms with Crippen LogP contribution in [0.15, 0.2) is 47.5 Å². The molecule has 2 aromatic carbocycles. The van der Waals surface area contributed by atoms with Gasteiger partial charge in [0.1, 0.15) is 18.1 Å². The van der Waals surface area contributed by atoms with Crippen LogP contribution in [0.5, 0.6) is 11.5 Å². The molecule has 1 unspecified atom stereocenters. The number of aliphatic imine (C=N–C) groups is 1. The number of nitrogens with one attached hydrogen (secondary N) is 1. The molecule has 3 rings (SSSR count). The van der Waals surface area contributed by atoms with Gasteiger partial charge in [0.05, 0.1) is 18.3 Å². The summed E-state index contributed by atoms with van der Waals surface area (Å²) in [5, 5.41) is 2.88. The Bertz CT molecular complexity index is 813. The van der Waals surface area contributed by atoms with Gasteiger partial charge in [-0.15, -0.1) is 0 Å². The first-order valence-electron chi connectivity index (χ1n) is 8.87. The molecule has 0 aromatic heterocycles. The maximum Gasteiger partial charge on any atom is 0.217 e. The lowest BCUT2D eigenvalue weighted by molar-refractivity contribution is -0.119. The van der Waals surface area contributed by atoms with E-state index in [4.69, 9.17) is 9.47 Å². The second-order valence-electron chi connectivity index (χ2n) is 6.36. The van der Waals surface area contributed by atoms with Crippen LogP contribution in [-0.4, -0.2) is 24.3 Å². The van der Waals surface area contributed by atoms with E-state index in [1.54, 1.807) is 0 Å². The van der Waals surface area contributed by atoms with Crippen molar-refractivity contribution >= 4 is 17.3 Å². The molecule has 5 nitrogen and oxygen atoms in total. The molecule has 1 N–H and O–H groups in total. The number of hydrogen-bond acceptors (Lipinski definition) is 4. The van der Waals surface area contributed by atoms with E-state index in [0.29, 0.717) is 13.2 Å². The minimum absolute atomic E-state index is 0.0458. The number of rotatable bonds is 7.